The van der Waals surface area contributed by atoms with Crippen LogP contribution in [-0.2, 0) is 17.8 Å². The van der Waals surface area contributed by atoms with E-state index in [1.807, 2.05) is 24.0 Å². The first-order valence-electron chi connectivity index (χ1n) is 6.89. The van der Waals surface area contributed by atoms with Gasteiger partial charge in [0.05, 0.1) is 11.6 Å². The number of hydrogen-bond acceptors (Lipinski definition) is 2. The number of rotatable bonds is 4. The molecule has 4 nitrogen and oxygen atoms in total. The Morgan fingerprint density at radius 1 is 1.61 bits per heavy atom. The van der Waals surface area contributed by atoms with Crippen LogP contribution in [0.2, 0.25) is 0 Å². The number of aromatic nitrogens is 2. The van der Waals surface area contributed by atoms with Crippen molar-refractivity contribution in [2.24, 2.45) is 17.3 Å². The van der Waals surface area contributed by atoms with Gasteiger partial charge in [-0.05, 0) is 50.0 Å². The molecular weight excluding hydrogens is 228 g/mol. The zero-order valence-corrected chi connectivity index (χ0v) is 10.8. The Morgan fingerprint density at radius 2 is 2.44 bits per heavy atom. The molecule has 4 heteroatoms. The predicted octanol–water partition coefficient (Wildman–Crippen LogP) is 2.34. The summed E-state index contributed by atoms with van der Waals surface area (Å²) in [5, 5.41) is 13.9. The lowest BCUT2D eigenvalue weighted by atomic mass is 9.70. The Bertz CT molecular complexity index is 468. The summed E-state index contributed by atoms with van der Waals surface area (Å²) in [7, 11) is 0. The van der Waals surface area contributed by atoms with E-state index in [9.17, 15) is 9.90 Å². The van der Waals surface area contributed by atoms with Crippen molar-refractivity contribution in [1.82, 2.24) is 9.78 Å². The van der Waals surface area contributed by atoms with Crippen LogP contribution in [0.4, 0.5) is 0 Å². The van der Waals surface area contributed by atoms with Crippen LogP contribution in [0.5, 0.6) is 0 Å². The average molecular weight is 248 g/mol. The second-order valence-electron chi connectivity index (χ2n) is 5.92. The van der Waals surface area contributed by atoms with Crippen LogP contribution in [0.15, 0.2) is 12.4 Å². The van der Waals surface area contributed by atoms with Gasteiger partial charge in [0, 0.05) is 12.7 Å². The molecule has 2 aliphatic carbocycles. The smallest absolute Gasteiger partial charge is 0.310 e. The number of hydrogen-bond donors (Lipinski definition) is 1. The van der Waals surface area contributed by atoms with Crippen molar-refractivity contribution in [3.05, 3.63) is 18.0 Å². The molecule has 0 aromatic carbocycles. The Labute approximate surface area is 107 Å². The molecule has 18 heavy (non-hydrogen) atoms. The van der Waals surface area contributed by atoms with Crippen LogP contribution in [0, 0.1) is 17.3 Å². The molecule has 0 saturated heterocycles. The van der Waals surface area contributed by atoms with E-state index in [4.69, 9.17) is 0 Å². The summed E-state index contributed by atoms with van der Waals surface area (Å²) in [6.45, 7) is 2.88. The Kier molecular flexibility index (Phi) is 2.68. The van der Waals surface area contributed by atoms with Gasteiger partial charge in [0.2, 0.25) is 0 Å². The topological polar surface area (TPSA) is 55.1 Å². The van der Waals surface area contributed by atoms with E-state index < -0.39 is 11.4 Å². The van der Waals surface area contributed by atoms with Crippen LogP contribution < -0.4 is 0 Å². The van der Waals surface area contributed by atoms with Gasteiger partial charge in [-0.3, -0.25) is 9.48 Å². The zero-order chi connectivity index (χ0) is 12.8. The van der Waals surface area contributed by atoms with Crippen molar-refractivity contribution in [2.45, 2.75) is 45.6 Å². The number of nitrogens with zero attached hydrogens (tertiary/aromatic N) is 2. The first-order valence-corrected chi connectivity index (χ1v) is 6.89. The zero-order valence-electron chi connectivity index (χ0n) is 10.8. The highest BCUT2D eigenvalue weighted by molar-refractivity contribution is 5.76. The number of fused-ring (bicyclic) bond motifs is 2. The Balaban J connectivity index is 1.85. The lowest BCUT2D eigenvalue weighted by Gasteiger charge is -2.33. The number of aliphatic carboxylic acids is 1. The Morgan fingerprint density at radius 3 is 2.94 bits per heavy atom. The minimum absolute atomic E-state index is 0.380. The summed E-state index contributed by atoms with van der Waals surface area (Å²) in [5.41, 5.74) is 0.566. The summed E-state index contributed by atoms with van der Waals surface area (Å²) < 4.78 is 1.87. The third kappa shape index (κ3) is 1.66. The highest BCUT2D eigenvalue weighted by Gasteiger charge is 2.55. The fraction of sp³-hybridized carbons (Fsp3) is 0.714. The molecule has 0 radical (unpaired) electrons. The minimum Gasteiger partial charge on any atom is -0.481 e. The van der Waals surface area contributed by atoms with Gasteiger partial charge in [-0.25, -0.2) is 0 Å². The van der Waals surface area contributed by atoms with Gasteiger partial charge in [-0.1, -0.05) is 6.42 Å². The third-order valence-corrected chi connectivity index (χ3v) is 4.93. The van der Waals surface area contributed by atoms with Gasteiger partial charge < -0.3 is 5.11 Å². The molecule has 1 aromatic heterocycles. The lowest BCUT2D eigenvalue weighted by molar-refractivity contribution is -0.152. The molecule has 98 valence electrons. The second kappa shape index (κ2) is 4.11. The maximum Gasteiger partial charge on any atom is 0.310 e. The first-order chi connectivity index (χ1) is 8.64. The highest BCUT2D eigenvalue weighted by Crippen LogP contribution is 2.57. The van der Waals surface area contributed by atoms with Gasteiger partial charge in [0.25, 0.3) is 0 Å². The molecule has 0 spiro atoms. The molecule has 3 unspecified atom stereocenters. The SMILES string of the molecule is CCn1cc(CC2(C(=O)O)CC3CCC2C3)cn1. The molecule has 2 aliphatic rings. The van der Waals surface area contributed by atoms with E-state index in [-0.39, 0.29) is 0 Å². The molecular formula is C14H20N2O2. The van der Waals surface area contributed by atoms with Gasteiger partial charge in [0.15, 0.2) is 0 Å². The number of carboxylic acid groups (broad SMARTS) is 1. The minimum atomic E-state index is -0.598. The standard InChI is InChI=1S/C14H20N2O2/c1-2-16-9-11(8-15-16)7-14(13(17)18)6-10-3-4-12(14)5-10/h8-10,12H,2-7H2,1H3,(H,17,18). The molecule has 2 bridgehead atoms. The summed E-state index contributed by atoms with van der Waals surface area (Å²) in [6.07, 6.45) is 8.80. The van der Waals surface area contributed by atoms with Crippen molar-refractivity contribution in [3.63, 3.8) is 0 Å². The second-order valence-corrected chi connectivity index (χ2v) is 5.92. The lowest BCUT2D eigenvalue weighted by Crippen LogP contribution is -2.38. The monoisotopic (exact) mass is 248 g/mol. The molecule has 0 amide bonds. The normalized spacial score (nSPS) is 34.1. The van der Waals surface area contributed by atoms with Crippen molar-refractivity contribution < 1.29 is 9.90 Å². The summed E-state index contributed by atoms with van der Waals surface area (Å²) in [6, 6.07) is 0. The molecule has 1 N–H and O–H groups in total. The van der Waals surface area contributed by atoms with E-state index in [0.29, 0.717) is 18.3 Å². The number of carboxylic acids is 1. The molecule has 1 heterocycles. The fourth-order valence-electron chi connectivity index (χ4n) is 4.03. The molecule has 2 fully saturated rings. The van der Waals surface area contributed by atoms with Gasteiger partial charge in [0.1, 0.15) is 0 Å². The van der Waals surface area contributed by atoms with E-state index >= 15 is 0 Å². The maximum atomic E-state index is 11.8. The quantitative estimate of drug-likeness (QED) is 0.889. The molecule has 0 aliphatic heterocycles. The van der Waals surface area contributed by atoms with Crippen LogP contribution >= 0.6 is 0 Å². The van der Waals surface area contributed by atoms with E-state index in [2.05, 4.69) is 5.10 Å². The van der Waals surface area contributed by atoms with Crippen LogP contribution in [-0.4, -0.2) is 20.9 Å². The fourth-order valence-corrected chi connectivity index (χ4v) is 4.03. The van der Waals surface area contributed by atoms with Gasteiger partial charge in [-0.2, -0.15) is 5.10 Å². The maximum absolute atomic E-state index is 11.8. The summed E-state index contributed by atoms with van der Waals surface area (Å²) >= 11 is 0. The molecule has 3 rings (SSSR count). The number of carbonyl (C=O) groups is 1. The van der Waals surface area contributed by atoms with E-state index in [1.165, 1.54) is 6.42 Å². The van der Waals surface area contributed by atoms with Gasteiger partial charge >= 0.3 is 5.97 Å². The van der Waals surface area contributed by atoms with Crippen LogP contribution in [0.1, 0.15) is 38.2 Å². The van der Waals surface area contributed by atoms with E-state index in [1.54, 1.807) is 0 Å². The van der Waals surface area contributed by atoms with Crippen molar-refractivity contribution in [3.8, 4) is 0 Å². The van der Waals surface area contributed by atoms with Crippen LogP contribution in [0.25, 0.3) is 0 Å². The molecule has 3 atom stereocenters. The average Bonchev–Trinajstić information content (AvgIpc) is 3.03. The van der Waals surface area contributed by atoms with Crippen LogP contribution in [0.3, 0.4) is 0 Å². The highest BCUT2D eigenvalue weighted by atomic mass is 16.4. The summed E-state index contributed by atoms with van der Waals surface area (Å²) in [5.74, 6) is 0.427. The Hall–Kier alpha value is -1.32. The number of aryl methyl sites for hydroxylation is 1. The predicted molar refractivity (Wildman–Crippen MR) is 67.1 cm³/mol. The largest absolute Gasteiger partial charge is 0.481 e. The molecule has 2 saturated carbocycles. The molecule has 1 aromatic rings. The summed E-state index contributed by atoms with van der Waals surface area (Å²) in [4.78, 5) is 11.8. The van der Waals surface area contributed by atoms with Crippen molar-refractivity contribution in [1.29, 1.82) is 0 Å². The third-order valence-electron chi connectivity index (χ3n) is 4.93. The first kappa shape index (κ1) is 11.8. The van der Waals surface area contributed by atoms with Crippen molar-refractivity contribution in [2.75, 3.05) is 0 Å². The van der Waals surface area contributed by atoms with Gasteiger partial charge in [-0.15, -0.1) is 0 Å². The van der Waals surface area contributed by atoms with Crippen molar-refractivity contribution >= 4 is 5.97 Å². The van der Waals surface area contributed by atoms with E-state index in [0.717, 1.165) is 31.4 Å².